The molecule has 2 fully saturated rings. The van der Waals surface area contributed by atoms with Gasteiger partial charge in [-0.1, -0.05) is 30.9 Å². The number of halogens is 1. The van der Waals surface area contributed by atoms with Crippen molar-refractivity contribution in [1.29, 1.82) is 0 Å². The third-order valence-electron chi connectivity index (χ3n) is 5.87. The molecule has 1 aliphatic heterocycles. The molecule has 1 aliphatic carbocycles. The van der Waals surface area contributed by atoms with Crippen molar-refractivity contribution in [3.8, 4) is 5.75 Å². The van der Waals surface area contributed by atoms with Crippen molar-refractivity contribution in [2.75, 3.05) is 19.4 Å². The first-order valence-electron chi connectivity index (χ1n) is 9.69. The molecule has 3 N–H and O–H groups in total. The number of nitrogen functional groups attached to an aromatic ring is 1. The third-order valence-corrected chi connectivity index (χ3v) is 6.20. The number of benzene rings is 1. The predicted octanol–water partition coefficient (Wildman–Crippen LogP) is 3.85. The van der Waals surface area contributed by atoms with E-state index in [1.807, 2.05) is 0 Å². The van der Waals surface area contributed by atoms with Gasteiger partial charge in [-0.15, -0.1) is 0 Å². The molecule has 6 heteroatoms. The molecule has 1 saturated heterocycles. The lowest BCUT2D eigenvalue weighted by Gasteiger charge is -2.44. The maximum Gasteiger partial charge on any atom is 0.255 e. The zero-order valence-corrected chi connectivity index (χ0v) is 16.5. The van der Waals surface area contributed by atoms with E-state index in [9.17, 15) is 4.79 Å². The van der Waals surface area contributed by atoms with Crippen LogP contribution in [-0.2, 0) is 0 Å². The minimum atomic E-state index is -0.146. The molecule has 2 unspecified atom stereocenters. The molecule has 0 aromatic heterocycles. The van der Waals surface area contributed by atoms with Crippen molar-refractivity contribution < 1.29 is 9.53 Å². The highest BCUT2D eigenvalue weighted by Gasteiger charge is 2.32. The number of rotatable bonds is 4. The summed E-state index contributed by atoms with van der Waals surface area (Å²) in [7, 11) is 1.53. The van der Waals surface area contributed by atoms with Gasteiger partial charge in [0.05, 0.1) is 23.4 Å². The maximum atomic E-state index is 12.7. The lowest BCUT2D eigenvalue weighted by atomic mass is 9.89. The van der Waals surface area contributed by atoms with Crippen molar-refractivity contribution >= 4 is 23.2 Å². The van der Waals surface area contributed by atoms with E-state index in [1.54, 1.807) is 12.1 Å². The summed E-state index contributed by atoms with van der Waals surface area (Å²) in [5.41, 5.74) is 6.66. The van der Waals surface area contributed by atoms with Gasteiger partial charge in [-0.05, 0) is 38.7 Å². The summed E-state index contributed by atoms with van der Waals surface area (Å²) >= 11 is 6.09. The average molecular weight is 380 g/mol. The van der Waals surface area contributed by atoms with Crippen LogP contribution in [0.25, 0.3) is 0 Å². The molecule has 26 heavy (non-hydrogen) atoms. The summed E-state index contributed by atoms with van der Waals surface area (Å²) in [6.45, 7) is 3.34. The number of amides is 1. The second-order valence-corrected chi connectivity index (χ2v) is 8.05. The van der Waals surface area contributed by atoms with Crippen LogP contribution in [0.15, 0.2) is 12.1 Å². The Balaban J connectivity index is 1.62. The Morgan fingerprint density at radius 1 is 1.27 bits per heavy atom. The van der Waals surface area contributed by atoms with E-state index in [2.05, 4.69) is 17.1 Å². The minimum absolute atomic E-state index is 0.146. The van der Waals surface area contributed by atoms with E-state index in [4.69, 9.17) is 22.1 Å². The van der Waals surface area contributed by atoms with Crippen LogP contribution in [0.4, 0.5) is 5.69 Å². The molecule has 2 aliphatic rings. The highest BCUT2D eigenvalue weighted by Crippen LogP contribution is 2.31. The number of hydrogen-bond acceptors (Lipinski definition) is 4. The lowest BCUT2D eigenvalue weighted by molar-refractivity contribution is 0.0632. The van der Waals surface area contributed by atoms with E-state index >= 15 is 0 Å². The Morgan fingerprint density at radius 3 is 2.65 bits per heavy atom. The fourth-order valence-corrected chi connectivity index (χ4v) is 4.62. The number of piperidine rings is 1. The van der Waals surface area contributed by atoms with Gasteiger partial charge < -0.3 is 15.8 Å². The molecule has 1 saturated carbocycles. The van der Waals surface area contributed by atoms with Gasteiger partial charge in [0.25, 0.3) is 5.91 Å². The van der Waals surface area contributed by atoms with Crippen LogP contribution < -0.4 is 15.8 Å². The van der Waals surface area contributed by atoms with Crippen molar-refractivity contribution in [2.45, 2.75) is 70.0 Å². The molecule has 1 aromatic carbocycles. The van der Waals surface area contributed by atoms with Crippen LogP contribution in [0, 0.1) is 0 Å². The van der Waals surface area contributed by atoms with Crippen molar-refractivity contribution in [3.05, 3.63) is 22.7 Å². The van der Waals surface area contributed by atoms with E-state index in [1.165, 1.54) is 39.2 Å². The normalized spacial score (nSPS) is 25.0. The first-order valence-corrected chi connectivity index (χ1v) is 10.1. The fourth-order valence-electron chi connectivity index (χ4n) is 4.46. The quantitative estimate of drug-likeness (QED) is 0.780. The molecule has 144 valence electrons. The highest BCUT2D eigenvalue weighted by atomic mass is 35.5. The number of hydrogen-bond donors (Lipinski definition) is 2. The first kappa shape index (κ1) is 19.3. The van der Waals surface area contributed by atoms with Gasteiger partial charge in [-0.3, -0.25) is 9.69 Å². The summed E-state index contributed by atoms with van der Waals surface area (Å²) in [6, 6.07) is 4.59. The van der Waals surface area contributed by atoms with Crippen LogP contribution in [0.2, 0.25) is 5.02 Å². The number of likely N-dealkylation sites (tertiary alicyclic amines) is 1. The Kier molecular flexibility index (Phi) is 6.30. The summed E-state index contributed by atoms with van der Waals surface area (Å²) in [5.74, 6) is 0.309. The van der Waals surface area contributed by atoms with Gasteiger partial charge in [-0.2, -0.15) is 0 Å². The number of nitrogens with one attached hydrogen (secondary N) is 1. The van der Waals surface area contributed by atoms with Gasteiger partial charge in [0.2, 0.25) is 0 Å². The smallest absolute Gasteiger partial charge is 0.255 e. The molecule has 1 heterocycles. The van der Waals surface area contributed by atoms with Gasteiger partial charge in [0.15, 0.2) is 0 Å². The Morgan fingerprint density at radius 2 is 2.00 bits per heavy atom. The summed E-state index contributed by atoms with van der Waals surface area (Å²) < 4.78 is 5.30. The zero-order valence-electron chi connectivity index (χ0n) is 15.8. The van der Waals surface area contributed by atoms with E-state index in [0.717, 1.165) is 25.4 Å². The lowest BCUT2D eigenvalue weighted by Crippen LogP contribution is -2.52. The molecule has 0 bridgehead atoms. The number of carbonyl (C=O) groups excluding carboxylic acids is 1. The summed E-state index contributed by atoms with van der Waals surface area (Å²) in [4.78, 5) is 15.4. The monoisotopic (exact) mass is 379 g/mol. The second kappa shape index (κ2) is 8.49. The molecule has 0 spiro atoms. The number of nitrogens with two attached hydrogens (primary N) is 1. The van der Waals surface area contributed by atoms with Crippen molar-refractivity contribution in [1.82, 2.24) is 10.2 Å². The average Bonchev–Trinajstić information content (AvgIpc) is 2.64. The van der Waals surface area contributed by atoms with E-state index < -0.39 is 0 Å². The van der Waals surface area contributed by atoms with Gasteiger partial charge in [0, 0.05) is 30.7 Å². The molecule has 3 rings (SSSR count). The number of methoxy groups -OCH3 is 1. The number of ether oxygens (including phenoxy) is 1. The SMILES string of the molecule is COc1cc(N)c(Cl)cc1C(=O)NC1CCN(C2CCCCC2)C(C)C1. The Bertz CT molecular complexity index is 646. The molecular formula is C20H30ClN3O2. The standard InChI is InChI=1S/C20H30ClN3O2/c1-13-10-14(8-9-24(13)15-6-4-3-5-7-15)23-20(25)16-11-17(21)18(22)12-19(16)26-2/h11-15H,3-10,22H2,1-2H3,(H,23,25). The van der Waals surface area contributed by atoms with Crippen LogP contribution >= 0.6 is 11.6 Å². The number of nitrogens with zero attached hydrogens (tertiary/aromatic N) is 1. The van der Waals surface area contributed by atoms with Gasteiger partial charge in [0.1, 0.15) is 5.75 Å². The molecule has 1 aromatic rings. The molecule has 2 atom stereocenters. The second-order valence-electron chi connectivity index (χ2n) is 7.65. The number of anilines is 1. The minimum Gasteiger partial charge on any atom is -0.496 e. The topological polar surface area (TPSA) is 67.6 Å². The Labute approximate surface area is 161 Å². The van der Waals surface area contributed by atoms with Gasteiger partial charge >= 0.3 is 0 Å². The van der Waals surface area contributed by atoms with Crippen molar-refractivity contribution in [2.24, 2.45) is 0 Å². The van der Waals surface area contributed by atoms with Gasteiger partial charge in [-0.25, -0.2) is 0 Å². The number of carbonyl (C=O) groups is 1. The van der Waals surface area contributed by atoms with Crippen LogP contribution in [0.5, 0.6) is 5.75 Å². The Hall–Kier alpha value is -1.46. The van der Waals surface area contributed by atoms with Crippen LogP contribution in [-0.4, -0.2) is 42.6 Å². The van der Waals surface area contributed by atoms with Crippen molar-refractivity contribution in [3.63, 3.8) is 0 Å². The molecule has 1 amide bonds. The molecule has 0 radical (unpaired) electrons. The van der Waals surface area contributed by atoms with Crippen LogP contribution in [0.3, 0.4) is 0 Å². The third kappa shape index (κ3) is 4.26. The largest absolute Gasteiger partial charge is 0.496 e. The molecule has 5 nitrogen and oxygen atoms in total. The predicted molar refractivity (Wildman–Crippen MR) is 106 cm³/mol. The first-order chi connectivity index (χ1) is 12.5. The summed E-state index contributed by atoms with van der Waals surface area (Å²) in [5, 5.41) is 3.54. The zero-order chi connectivity index (χ0) is 18.7. The van der Waals surface area contributed by atoms with Crippen LogP contribution in [0.1, 0.15) is 62.2 Å². The van der Waals surface area contributed by atoms with E-state index in [0.29, 0.717) is 28.1 Å². The fraction of sp³-hybridized carbons (Fsp3) is 0.650. The van der Waals surface area contributed by atoms with E-state index in [-0.39, 0.29) is 11.9 Å². The highest BCUT2D eigenvalue weighted by molar-refractivity contribution is 6.33. The maximum absolute atomic E-state index is 12.7. The molecular weight excluding hydrogens is 350 g/mol. The summed E-state index contributed by atoms with van der Waals surface area (Å²) in [6.07, 6.45) is 8.69.